The Balaban J connectivity index is 1.68. The van der Waals surface area contributed by atoms with Crippen molar-refractivity contribution < 1.29 is 9.90 Å². The topological polar surface area (TPSA) is 40.5 Å². The van der Waals surface area contributed by atoms with Crippen molar-refractivity contribution in [2.24, 2.45) is 5.92 Å². The molecule has 3 rings (SSSR count). The SMILES string of the molecule is O=C(O)C1CCCN(Cc2ccc(-c3cccc(Cl)c3)s2)C1. The highest BCUT2D eigenvalue weighted by molar-refractivity contribution is 7.15. The third-order valence-electron chi connectivity index (χ3n) is 4.00. The van der Waals surface area contributed by atoms with Crippen molar-refractivity contribution in [1.82, 2.24) is 4.90 Å². The molecule has 1 aromatic carbocycles. The number of likely N-dealkylation sites (tertiary alicyclic amines) is 1. The molecule has 0 radical (unpaired) electrons. The summed E-state index contributed by atoms with van der Waals surface area (Å²) in [6.07, 6.45) is 1.76. The quantitative estimate of drug-likeness (QED) is 0.902. The Hall–Kier alpha value is -1.36. The molecule has 1 aliphatic heterocycles. The average molecular weight is 336 g/mol. The Morgan fingerprint density at radius 1 is 1.36 bits per heavy atom. The third kappa shape index (κ3) is 3.69. The first-order valence-electron chi connectivity index (χ1n) is 7.41. The van der Waals surface area contributed by atoms with Crippen molar-refractivity contribution in [3.05, 3.63) is 46.3 Å². The van der Waals surface area contributed by atoms with Crippen LogP contribution in [-0.2, 0) is 11.3 Å². The van der Waals surface area contributed by atoms with Gasteiger partial charge in [0.1, 0.15) is 0 Å². The number of benzene rings is 1. The summed E-state index contributed by atoms with van der Waals surface area (Å²) in [5.41, 5.74) is 1.13. The first-order chi connectivity index (χ1) is 10.6. The molecule has 1 unspecified atom stereocenters. The Kier molecular flexibility index (Phi) is 4.81. The smallest absolute Gasteiger partial charge is 0.307 e. The number of hydrogen-bond acceptors (Lipinski definition) is 3. The second kappa shape index (κ2) is 6.82. The zero-order chi connectivity index (χ0) is 15.5. The maximum Gasteiger partial charge on any atom is 0.307 e. The minimum Gasteiger partial charge on any atom is -0.481 e. The molecule has 0 bridgehead atoms. The zero-order valence-electron chi connectivity index (χ0n) is 12.2. The maximum absolute atomic E-state index is 11.1. The predicted octanol–water partition coefficient (Wildman–Crippen LogP) is 4.37. The van der Waals surface area contributed by atoms with Gasteiger partial charge in [0, 0.05) is 27.9 Å². The van der Waals surface area contributed by atoms with Crippen LogP contribution in [0.1, 0.15) is 17.7 Å². The number of carbonyl (C=O) groups is 1. The largest absolute Gasteiger partial charge is 0.481 e. The van der Waals surface area contributed by atoms with E-state index in [4.69, 9.17) is 16.7 Å². The summed E-state index contributed by atoms with van der Waals surface area (Å²) < 4.78 is 0. The van der Waals surface area contributed by atoms with E-state index in [-0.39, 0.29) is 5.92 Å². The first-order valence-corrected chi connectivity index (χ1v) is 8.61. The van der Waals surface area contributed by atoms with Crippen LogP contribution in [0, 0.1) is 5.92 Å². The van der Waals surface area contributed by atoms with E-state index in [1.54, 1.807) is 11.3 Å². The maximum atomic E-state index is 11.1. The van der Waals surface area contributed by atoms with E-state index in [1.807, 2.05) is 18.2 Å². The summed E-state index contributed by atoms with van der Waals surface area (Å²) >= 11 is 7.79. The number of rotatable bonds is 4. The fraction of sp³-hybridized carbons (Fsp3) is 0.353. The van der Waals surface area contributed by atoms with Crippen LogP contribution in [0.25, 0.3) is 10.4 Å². The van der Waals surface area contributed by atoms with Gasteiger partial charge in [-0.15, -0.1) is 11.3 Å². The fourth-order valence-electron chi connectivity index (χ4n) is 2.88. The molecular formula is C17H18ClNO2S. The van der Waals surface area contributed by atoms with Crippen LogP contribution in [0.3, 0.4) is 0 Å². The Morgan fingerprint density at radius 3 is 3.00 bits per heavy atom. The molecule has 0 amide bonds. The van der Waals surface area contributed by atoms with Gasteiger partial charge in [-0.1, -0.05) is 23.7 Å². The molecule has 0 spiro atoms. The van der Waals surface area contributed by atoms with Crippen LogP contribution < -0.4 is 0 Å². The van der Waals surface area contributed by atoms with Gasteiger partial charge in [-0.3, -0.25) is 9.69 Å². The van der Waals surface area contributed by atoms with Gasteiger partial charge >= 0.3 is 5.97 Å². The predicted molar refractivity (Wildman–Crippen MR) is 90.4 cm³/mol. The lowest BCUT2D eigenvalue weighted by Crippen LogP contribution is -2.37. The van der Waals surface area contributed by atoms with Crippen molar-refractivity contribution in [3.8, 4) is 10.4 Å². The Morgan fingerprint density at radius 2 is 2.23 bits per heavy atom. The second-order valence-corrected chi connectivity index (χ2v) is 7.29. The number of carboxylic acid groups (broad SMARTS) is 1. The standard InChI is InChI=1S/C17H18ClNO2S/c18-14-5-1-3-12(9-14)16-7-6-15(22-16)11-19-8-2-4-13(10-19)17(20)21/h1,3,5-7,9,13H,2,4,8,10-11H2,(H,20,21). The van der Waals surface area contributed by atoms with Gasteiger partial charge in [-0.2, -0.15) is 0 Å². The summed E-state index contributed by atoms with van der Waals surface area (Å²) in [5, 5.41) is 9.91. The van der Waals surface area contributed by atoms with Gasteiger partial charge < -0.3 is 5.11 Å². The van der Waals surface area contributed by atoms with Gasteiger partial charge in [0.05, 0.1) is 5.92 Å². The van der Waals surface area contributed by atoms with E-state index in [2.05, 4.69) is 23.1 Å². The van der Waals surface area contributed by atoms with Gasteiger partial charge in [0.25, 0.3) is 0 Å². The van der Waals surface area contributed by atoms with E-state index in [0.717, 1.165) is 36.5 Å². The molecule has 22 heavy (non-hydrogen) atoms. The molecule has 1 fully saturated rings. The number of hydrogen-bond donors (Lipinski definition) is 1. The minimum atomic E-state index is -0.671. The highest BCUT2D eigenvalue weighted by Gasteiger charge is 2.25. The number of thiophene rings is 1. The van der Waals surface area contributed by atoms with Crippen LogP contribution >= 0.6 is 22.9 Å². The molecule has 0 saturated carbocycles. The summed E-state index contributed by atoms with van der Waals surface area (Å²) in [6.45, 7) is 2.46. The normalized spacial score (nSPS) is 19.2. The molecule has 1 aliphatic rings. The molecule has 1 N–H and O–H groups in total. The van der Waals surface area contributed by atoms with Crippen LogP contribution in [0.2, 0.25) is 5.02 Å². The molecular weight excluding hydrogens is 318 g/mol. The summed E-state index contributed by atoms with van der Waals surface area (Å²) in [7, 11) is 0. The number of halogens is 1. The molecule has 5 heteroatoms. The molecule has 2 heterocycles. The van der Waals surface area contributed by atoms with Crippen LogP contribution in [-0.4, -0.2) is 29.1 Å². The minimum absolute atomic E-state index is 0.221. The summed E-state index contributed by atoms with van der Waals surface area (Å²) in [6, 6.07) is 12.1. The van der Waals surface area contributed by atoms with Crippen molar-refractivity contribution in [1.29, 1.82) is 0 Å². The lowest BCUT2D eigenvalue weighted by molar-refractivity contribution is -0.143. The van der Waals surface area contributed by atoms with Crippen LogP contribution in [0.15, 0.2) is 36.4 Å². The lowest BCUT2D eigenvalue weighted by Gasteiger charge is -2.30. The highest BCUT2D eigenvalue weighted by atomic mass is 35.5. The Labute approximate surface area is 139 Å². The number of carboxylic acids is 1. The average Bonchev–Trinajstić information content (AvgIpc) is 2.96. The molecule has 1 aromatic heterocycles. The first kappa shape index (κ1) is 15.5. The number of aliphatic carboxylic acids is 1. The third-order valence-corrected chi connectivity index (χ3v) is 5.36. The van der Waals surface area contributed by atoms with E-state index < -0.39 is 5.97 Å². The van der Waals surface area contributed by atoms with E-state index in [0.29, 0.717) is 6.54 Å². The molecule has 1 atom stereocenters. The van der Waals surface area contributed by atoms with Gasteiger partial charge in [-0.25, -0.2) is 0 Å². The van der Waals surface area contributed by atoms with Crippen LogP contribution in [0.5, 0.6) is 0 Å². The lowest BCUT2D eigenvalue weighted by atomic mass is 9.98. The molecule has 2 aromatic rings. The van der Waals surface area contributed by atoms with E-state index in [9.17, 15) is 4.79 Å². The summed E-state index contributed by atoms with van der Waals surface area (Å²) in [4.78, 5) is 15.8. The second-order valence-electron chi connectivity index (χ2n) is 5.69. The van der Waals surface area contributed by atoms with Gasteiger partial charge in [0.15, 0.2) is 0 Å². The van der Waals surface area contributed by atoms with Gasteiger partial charge in [-0.05, 0) is 49.2 Å². The summed E-state index contributed by atoms with van der Waals surface area (Å²) in [5.74, 6) is -0.892. The highest BCUT2D eigenvalue weighted by Crippen LogP contribution is 2.31. The van der Waals surface area contributed by atoms with Crippen molar-refractivity contribution in [2.75, 3.05) is 13.1 Å². The monoisotopic (exact) mass is 335 g/mol. The van der Waals surface area contributed by atoms with Gasteiger partial charge in [0.2, 0.25) is 0 Å². The van der Waals surface area contributed by atoms with E-state index >= 15 is 0 Å². The van der Waals surface area contributed by atoms with Crippen LogP contribution in [0.4, 0.5) is 0 Å². The molecule has 116 valence electrons. The van der Waals surface area contributed by atoms with E-state index in [1.165, 1.54) is 9.75 Å². The molecule has 3 nitrogen and oxygen atoms in total. The molecule has 1 saturated heterocycles. The molecule has 0 aliphatic carbocycles. The van der Waals surface area contributed by atoms with Crippen molar-refractivity contribution in [2.45, 2.75) is 19.4 Å². The number of nitrogens with zero attached hydrogens (tertiary/aromatic N) is 1. The van der Waals surface area contributed by atoms with Crippen molar-refractivity contribution >= 4 is 28.9 Å². The zero-order valence-corrected chi connectivity index (χ0v) is 13.7. The fourth-order valence-corrected chi connectivity index (χ4v) is 4.12. The van der Waals surface area contributed by atoms with Crippen molar-refractivity contribution in [3.63, 3.8) is 0 Å². The Bertz CT molecular complexity index is 670. The number of piperidine rings is 1.